The second kappa shape index (κ2) is 3.58. The molecule has 0 aliphatic carbocycles. The molecule has 1 aliphatic heterocycles. The molecule has 1 aliphatic rings. The van der Waals surface area contributed by atoms with Gasteiger partial charge >= 0.3 is 0 Å². The molecule has 0 fully saturated rings. The van der Waals surface area contributed by atoms with E-state index in [0.717, 1.165) is 16.8 Å². The van der Waals surface area contributed by atoms with Crippen molar-refractivity contribution in [3.63, 3.8) is 0 Å². The predicted octanol–water partition coefficient (Wildman–Crippen LogP) is 1.00. The molecule has 17 heavy (non-hydrogen) atoms. The van der Waals surface area contributed by atoms with Crippen molar-refractivity contribution in [1.29, 1.82) is 0 Å². The molecule has 0 saturated carbocycles. The Bertz CT molecular complexity index is 612. The normalized spacial score (nSPS) is 13.8. The first-order valence-electron chi connectivity index (χ1n) is 5.15. The highest BCUT2D eigenvalue weighted by atomic mass is 16.5. The lowest BCUT2D eigenvalue weighted by Crippen LogP contribution is -2.27. The van der Waals surface area contributed by atoms with Crippen molar-refractivity contribution in [2.75, 3.05) is 24.3 Å². The van der Waals surface area contributed by atoms with Crippen molar-refractivity contribution in [3.05, 3.63) is 18.3 Å². The number of nitrogens with one attached hydrogen (secondary N) is 2. The van der Waals surface area contributed by atoms with Crippen LogP contribution in [0.5, 0.6) is 5.88 Å². The zero-order valence-corrected chi connectivity index (χ0v) is 9.15. The van der Waals surface area contributed by atoms with Gasteiger partial charge in [0.15, 0.2) is 5.65 Å². The molecule has 2 aromatic rings. The monoisotopic (exact) mass is 230 g/mol. The topological polar surface area (TPSA) is 76.1 Å². The van der Waals surface area contributed by atoms with Crippen molar-refractivity contribution in [2.24, 2.45) is 0 Å². The summed E-state index contributed by atoms with van der Waals surface area (Å²) in [6, 6.07) is 3.57. The Morgan fingerprint density at radius 3 is 3.12 bits per heavy atom. The van der Waals surface area contributed by atoms with Crippen LogP contribution >= 0.6 is 0 Å². The van der Waals surface area contributed by atoms with Crippen LogP contribution in [0.2, 0.25) is 0 Å². The molecule has 0 unspecified atom stereocenters. The second-order valence-corrected chi connectivity index (χ2v) is 3.67. The van der Waals surface area contributed by atoms with E-state index in [2.05, 4.69) is 20.6 Å². The summed E-state index contributed by atoms with van der Waals surface area (Å²) in [5, 5.41) is 6.61. The molecular formula is C11H10N4O2. The van der Waals surface area contributed by atoms with E-state index in [1.807, 2.05) is 6.07 Å². The second-order valence-electron chi connectivity index (χ2n) is 3.67. The number of anilines is 2. The number of ether oxygens (including phenoxy) is 1. The quantitative estimate of drug-likeness (QED) is 0.764. The Labute approximate surface area is 97.0 Å². The van der Waals surface area contributed by atoms with E-state index in [9.17, 15) is 4.79 Å². The summed E-state index contributed by atoms with van der Waals surface area (Å²) in [6.45, 7) is 0.268. The van der Waals surface area contributed by atoms with Gasteiger partial charge in [-0.3, -0.25) is 4.79 Å². The summed E-state index contributed by atoms with van der Waals surface area (Å²) in [5.41, 5.74) is 2.08. The minimum atomic E-state index is -0.0687. The van der Waals surface area contributed by atoms with Crippen LogP contribution in [0.3, 0.4) is 0 Å². The third-order valence-electron chi connectivity index (χ3n) is 2.62. The Morgan fingerprint density at radius 2 is 2.29 bits per heavy atom. The Kier molecular flexibility index (Phi) is 2.07. The summed E-state index contributed by atoms with van der Waals surface area (Å²) < 4.78 is 5.03. The standard InChI is InChI=1S/C11H10N4O2/c1-17-9-3-2-6-10-7(4-13-11(6)15-9)12-5-8(16)14-10/h2-4,12H,5H2,1H3,(H,14,16). The molecule has 6 nitrogen and oxygen atoms in total. The smallest absolute Gasteiger partial charge is 0.243 e. The number of methoxy groups -OCH3 is 1. The van der Waals surface area contributed by atoms with Gasteiger partial charge in [-0.15, -0.1) is 0 Å². The average Bonchev–Trinajstić information content (AvgIpc) is 2.37. The van der Waals surface area contributed by atoms with Crippen LogP contribution in [-0.2, 0) is 4.79 Å². The number of carbonyl (C=O) groups is 1. The van der Waals surface area contributed by atoms with Gasteiger partial charge in [-0.2, -0.15) is 4.98 Å². The predicted molar refractivity (Wildman–Crippen MR) is 63.2 cm³/mol. The molecule has 0 bridgehead atoms. The number of carbonyl (C=O) groups excluding carboxylic acids is 1. The molecule has 0 aromatic carbocycles. The van der Waals surface area contributed by atoms with Crippen LogP contribution in [0.1, 0.15) is 0 Å². The molecule has 3 rings (SSSR count). The van der Waals surface area contributed by atoms with Gasteiger partial charge in [-0.25, -0.2) is 4.98 Å². The van der Waals surface area contributed by atoms with Crippen LogP contribution < -0.4 is 15.4 Å². The van der Waals surface area contributed by atoms with E-state index in [4.69, 9.17) is 4.74 Å². The third-order valence-corrected chi connectivity index (χ3v) is 2.62. The SMILES string of the molecule is COc1ccc2c3c(cnc2n1)NCC(=O)N3. The summed E-state index contributed by atoms with van der Waals surface area (Å²) in [5.74, 6) is 0.431. The fourth-order valence-electron chi connectivity index (χ4n) is 1.80. The number of rotatable bonds is 1. The van der Waals surface area contributed by atoms with Gasteiger partial charge in [-0.05, 0) is 6.07 Å². The first-order chi connectivity index (χ1) is 8.28. The van der Waals surface area contributed by atoms with E-state index in [0.29, 0.717) is 11.5 Å². The molecule has 0 atom stereocenters. The van der Waals surface area contributed by atoms with Crippen molar-refractivity contribution in [2.45, 2.75) is 0 Å². The number of hydrogen-bond acceptors (Lipinski definition) is 5. The molecule has 0 spiro atoms. The highest BCUT2D eigenvalue weighted by Crippen LogP contribution is 2.31. The zero-order valence-electron chi connectivity index (χ0n) is 9.15. The van der Waals surface area contributed by atoms with Gasteiger partial charge < -0.3 is 15.4 Å². The van der Waals surface area contributed by atoms with Crippen molar-refractivity contribution >= 4 is 28.3 Å². The highest BCUT2D eigenvalue weighted by molar-refractivity contribution is 6.08. The van der Waals surface area contributed by atoms with Gasteiger partial charge in [0.25, 0.3) is 0 Å². The van der Waals surface area contributed by atoms with Gasteiger partial charge in [-0.1, -0.05) is 0 Å². The van der Waals surface area contributed by atoms with E-state index in [-0.39, 0.29) is 12.5 Å². The fraction of sp³-hybridized carbons (Fsp3) is 0.182. The maximum Gasteiger partial charge on any atom is 0.243 e. The summed E-state index contributed by atoms with van der Waals surface area (Å²) in [6.07, 6.45) is 1.66. The van der Waals surface area contributed by atoms with Crippen LogP contribution in [0, 0.1) is 0 Å². The largest absolute Gasteiger partial charge is 0.481 e. The van der Waals surface area contributed by atoms with E-state index in [1.165, 1.54) is 0 Å². The van der Waals surface area contributed by atoms with Crippen LogP contribution in [0.4, 0.5) is 11.4 Å². The number of fused-ring (bicyclic) bond motifs is 3. The molecule has 86 valence electrons. The van der Waals surface area contributed by atoms with Gasteiger partial charge in [0.2, 0.25) is 11.8 Å². The molecule has 0 saturated heterocycles. The average molecular weight is 230 g/mol. The van der Waals surface area contributed by atoms with E-state index < -0.39 is 0 Å². The summed E-state index contributed by atoms with van der Waals surface area (Å²) >= 11 is 0. The molecular weight excluding hydrogens is 220 g/mol. The Morgan fingerprint density at radius 1 is 1.41 bits per heavy atom. The molecule has 2 N–H and O–H groups in total. The first-order valence-corrected chi connectivity index (χ1v) is 5.15. The molecule has 0 radical (unpaired) electrons. The zero-order chi connectivity index (χ0) is 11.8. The third kappa shape index (κ3) is 1.54. The van der Waals surface area contributed by atoms with Gasteiger partial charge in [0.05, 0.1) is 31.2 Å². The van der Waals surface area contributed by atoms with Crippen LogP contribution in [0.15, 0.2) is 18.3 Å². The van der Waals surface area contributed by atoms with E-state index >= 15 is 0 Å². The van der Waals surface area contributed by atoms with E-state index in [1.54, 1.807) is 19.4 Å². The number of aromatic nitrogens is 2. The first kappa shape index (κ1) is 9.83. The maximum absolute atomic E-state index is 11.4. The van der Waals surface area contributed by atoms with Crippen molar-refractivity contribution in [3.8, 4) is 5.88 Å². The maximum atomic E-state index is 11.4. The minimum absolute atomic E-state index is 0.0687. The molecule has 1 amide bonds. The highest BCUT2D eigenvalue weighted by Gasteiger charge is 2.17. The lowest BCUT2D eigenvalue weighted by molar-refractivity contribution is -0.114. The lowest BCUT2D eigenvalue weighted by Gasteiger charge is -2.19. The van der Waals surface area contributed by atoms with Gasteiger partial charge in [0.1, 0.15) is 0 Å². The molecule has 6 heteroatoms. The van der Waals surface area contributed by atoms with Crippen molar-refractivity contribution < 1.29 is 9.53 Å². The summed E-state index contributed by atoms with van der Waals surface area (Å²) in [7, 11) is 1.55. The van der Waals surface area contributed by atoms with Crippen molar-refractivity contribution in [1.82, 2.24) is 9.97 Å². The number of hydrogen-bond donors (Lipinski definition) is 2. The van der Waals surface area contributed by atoms with Crippen LogP contribution in [-0.4, -0.2) is 29.5 Å². The minimum Gasteiger partial charge on any atom is -0.481 e. The number of nitrogens with zero attached hydrogens (tertiary/aromatic N) is 2. The number of amides is 1. The lowest BCUT2D eigenvalue weighted by atomic mass is 10.2. The number of pyridine rings is 2. The molecule has 3 heterocycles. The Balaban J connectivity index is 2.23. The summed E-state index contributed by atoms with van der Waals surface area (Å²) in [4.78, 5) is 19.8. The fourth-order valence-corrected chi connectivity index (χ4v) is 1.80. The molecule has 2 aromatic heterocycles. The van der Waals surface area contributed by atoms with Gasteiger partial charge in [0, 0.05) is 11.5 Å². The Hall–Kier alpha value is -2.37. The van der Waals surface area contributed by atoms with Crippen LogP contribution in [0.25, 0.3) is 11.0 Å².